The number of guanidine groups is 1. The molecule has 3 amide bonds. The zero-order valence-electron chi connectivity index (χ0n) is 15.8. The Hall–Kier alpha value is -1.62. The molecular formula is C16H28N6O3S2. The van der Waals surface area contributed by atoms with E-state index in [1.807, 2.05) is 28.4 Å². The SMILES string of the molecule is CN(C)C(=O)CN=C(NCCC1SCCS1)N1CCN(CC(N)=O)C(=O)C1. The average Bonchev–Trinajstić information content (AvgIpc) is 3.12. The Kier molecular flexibility index (Phi) is 8.55. The Balaban J connectivity index is 1.95. The molecule has 0 aromatic carbocycles. The molecule has 0 aromatic rings. The van der Waals surface area contributed by atoms with Gasteiger partial charge in [0.1, 0.15) is 6.54 Å². The molecule has 3 N–H and O–H groups in total. The van der Waals surface area contributed by atoms with Gasteiger partial charge in [-0.3, -0.25) is 14.4 Å². The molecular weight excluding hydrogens is 388 g/mol. The zero-order chi connectivity index (χ0) is 19.8. The number of amides is 3. The minimum absolute atomic E-state index is 0.0257. The van der Waals surface area contributed by atoms with Crippen LogP contribution >= 0.6 is 23.5 Å². The highest BCUT2D eigenvalue weighted by Gasteiger charge is 2.27. The predicted molar refractivity (Wildman–Crippen MR) is 110 cm³/mol. The molecule has 27 heavy (non-hydrogen) atoms. The van der Waals surface area contributed by atoms with Gasteiger partial charge in [-0.2, -0.15) is 0 Å². The van der Waals surface area contributed by atoms with E-state index in [-0.39, 0.29) is 31.4 Å². The number of carbonyl (C=O) groups is 3. The first kappa shape index (κ1) is 21.7. The van der Waals surface area contributed by atoms with Crippen LogP contribution in [-0.4, -0.2) is 108 Å². The van der Waals surface area contributed by atoms with Crippen LogP contribution in [0.25, 0.3) is 0 Å². The van der Waals surface area contributed by atoms with Crippen molar-refractivity contribution in [2.24, 2.45) is 10.7 Å². The standard InChI is InChI=1S/C16H28N6O3S2/c1-20(2)13(24)9-19-16(18-4-3-15-26-7-8-27-15)22-6-5-21(10-12(17)23)14(25)11-22/h15H,3-11H2,1-2H3,(H2,17,23)(H,18,19). The van der Waals surface area contributed by atoms with Gasteiger partial charge in [0.2, 0.25) is 17.7 Å². The summed E-state index contributed by atoms with van der Waals surface area (Å²) in [7, 11) is 3.37. The largest absolute Gasteiger partial charge is 0.368 e. The summed E-state index contributed by atoms with van der Waals surface area (Å²) >= 11 is 3.92. The van der Waals surface area contributed by atoms with Crippen LogP contribution in [0, 0.1) is 0 Å². The van der Waals surface area contributed by atoms with Crippen molar-refractivity contribution < 1.29 is 14.4 Å². The van der Waals surface area contributed by atoms with Crippen molar-refractivity contribution in [3.05, 3.63) is 0 Å². The lowest BCUT2D eigenvalue weighted by atomic mass is 10.3. The number of aliphatic imine (C=N–C) groups is 1. The molecule has 9 nitrogen and oxygen atoms in total. The third-order valence-corrected chi connectivity index (χ3v) is 7.35. The first-order chi connectivity index (χ1) is 12.9. The van der Waals surface area contributed by atoms with Crippen LogP contribution in [0.4, 0.5) is 0 Å². The van der Waals surface area contributed by atoms with Gasteiger partial charge in [-0.05, 0) is 6.42 Å². The fourth-order valence-electron chi connectivity index (χ4n) is 2.67. The van der Waals surface area contributed by atoms with Crippen LogP contribution in [0.2, 0.25) is 0 Å². The van der Waals surface area contributed by atoms with E-state index in [1.54, 1.807) is 14.1 Å². The number of hydrogen-bond donors (Lipinski definition) is 2. The Morgan fingerprint density at radius 1 is 1.30 bits per heavy atom. The van der Waals surface area contributed by atoms with E-state index >= 15 is 0 Å². The second-order valence-electron chi connectivity index (χ2n) is 6.52. The zero-order valence-corrected chi connectivity index (χ0v) is 17.5. The second-order valence-corrected chi connectivity index (χ2v) is 9.44. The van der Waals surface area contributed by atoms with E-state index in [2.05, 4.69) is 10.3 Å². The molecule has 0 aromatic heterocycles. The highest BCUT2D eigenvalue weighted by atomic mass is 32.2. The molecule has 2 aliphatic heterocycles. The first-order valence-corrected chi connectivity index (χ1v) is 11.0. The molecule has 2 rings (SSSR count). The van der Waals surface area contributed by atoms with Crippen molar-refractivity contribution in [3.63, 3.8) is 0 Å². The summed E-state index contributed by atoms with van der Waals surface area (Å²) in [5.74, 6) is 2.14. The highest BCUT2D eigenvalue weighted by Crippen LogP contribution is 2.33. The van der Waals surface area contributed by atoms with Crippen molar-refractivity contribution in [2.45, 2.75) is 11.0 Å². The number of thioether (sulfide) groups is 2. The summed E-state index contributed by atoms with van der Waals surface area (Å²) in [5, 5.41) is 3.30. The second kappa shape index (κ2) is 10.6. The lowest BCUT2D eigenvalue weighted by Crippen LogP contribution is -2.56. The Morgan fingerprint density at radius 2 is 2.00 bits per heavy atom. The van der Waals surface area contributed by atoms with Crippen LogP contribution in [0.1, 0.15) is 6.42 Å². The number of piperazine rings is 1. The van der Waals surface area contributed by atoms with Crippen molar-refractivity contribution in [1.82, 2.24) is 20.0 Å². The van der Waals surface area contributed by atoms with E-state index < -0.39 is 5.91 Å². The number of carbonyl (C=O) groups excluding carboxylic acids is 3. The molecule has 11 heteroatoms. The van der Waals surface area contributed by atoms with Crippen LogP contribution in [-0.2, 0) is 14.4 Å². The normalized spacial score (nSPS) is 18.7. The molecule has 0 atom stereocenters. The van der Waals surface area contributed by atoms with Crippen LogP contribution in [0.5, 0.6) is 0 Å². The summed E-state index contributed by atoms with van der Waals surface area (Å²) in [6, 6.07) is 0. The molecule has 2 saturated heterocycles. The van der Waals surface area contributed by atoms with Gasteiger partial charge < -0.3 is 25.8 Å². The number of nitrogens with two attached hydrogens (primary N) is 1. The quantitative estimate of drug-likeness (QED) is 0.398. The summed E-state index contributed by atoms with van der Waals surface area (Å²) in [6.07, 6.45) is 0.992. The van der Waals surface area contributed by atoms with Gasteiger partial charge in [0.15, 0.2) is 5.96 Å². The number of likely N-dealkylation sites (N-methyl/N-ethyl adjacent to an activating group) is 1. The van der Waals surface area contributed by atoms with Gasteiger partial charge in [-0.1, -0.05) is 0 Å². The van der Waals surface area contributed by atoms with E-state index in [0.717, 1.165) is 13.0 Å². The van der Waals surface area contributed by atoms with Gasteiger partial charge in [0.25, 0.3) is 0 Å². The monoisotopic (exact) mass is 416 g/mol. The topological polar surface area (TPSA) is 111 Å². The molecule has 0 bridgehead atoms. The fraction of sp³-hybridized carbons (Fsp3) is 0.750. The van der Waals surface area contributed by atoms with Crippen molar-refractivity contribution in [2.75, 3.05) is 64.9 Å². The lowest BCUT2D eigenvalue weighted by Gasteiger charge is -2.35. The predicted octanol–water partition coefficient (Wildman–Crippen LogP) is -1.15. The van der Waals surface area contributed by atoms with Gasteiger partial charge in [-0.25, -0.2) is 4.99 Å². The lowest BCUT2D eigenvalue weighted by molar-refractivity contribution is -0.138. The molecule has 0 spiro atoms. The van der Waals surface area contributed by atoms with E-state index in [0.29, 0.717) is 23.6 Å². The van der Waals surface area contributed by atoms with Crippen LogP contribution < -0.4 is 11.1 Å². The highest BCUT2D eigenvalue weighted by molar-refractivity contribution is 8.20. The van der Waals surface area contributed by atoms with E-state index in [4.69, 9.17) is 5.73 Å². The number of nitrogens with one attached hydrogen (secondary N) is 1. The van der Waals surface area contributed by atoms with Crippen LogP contribution in [0.3, 0.4) is 0 Å². The first-order valence-electron chi connectivity index (χ1n) is 8.89. The molecule has 152 valence electrons. The summed E-state index contributed by atoms with van der Waals surface area (Å²) in [4.78, 5) is 44.4. The molecule has 0 unspecified atom stereocenters. The maximum atomic E-state index is 12.3. The minimum atomic E-state index is -0.521. The molecule has 2 aliphatic rings. The molecule has 2 fully saturated rings. The number of nitrogens with zero attached hydrogens (tertiary/aromatic N) is 4. The van der Waals surface area contributed by atoms with Crippen molar-refractivity contribution in [1.29, 1.82) is 0 Å². The molecule has 0 radical (unpaired) electrons. The summed E-state index contributed by atoms with van der Waals surface area (Å²) in [6.45, 7) is 1.74. The van der Waals surface area contributed by atoms with Gasteiger partial charge in [-0.15, -0.1) is 23.5 Å². The summed E-state index contributed by atoms with van der Waals surface area (Å²) in [5.41, 5.74) is 5.19. The van der Waals surface area contributed by atoms with Gasteiger partial charge in [0.05, 0.1) is 17.7 Å². The van der Waals surface area contributed by atoms with Crippen molar-refractivity contribution in [3.8, 4) is 0 Å². The van der Waals surface area contributed by atoms with E-state index in [9.17, 15) is 14.4 Å². The van der Waals surface area contributed by atoms with E-state index in [1.165, 1.54) is 21.3 Å². The average molecular weight is 417 g/mol. The molecule has 0 saturated carbocycles. The smallest absolute Gasteiger partial charge is 0.243 e. The number of hydrogen-bond acceptors (Lipinski definition) is 6. The summed E-state index contributed by atoms with van der Waals surface area (Å²) < 4.78 is 0.580. The van der Waals surface area contributed by atoms with Gasteiger partial charge >= 0.3 is 0 Å². The third kappa shape index (κ3) is 7.13. The third-order valence-electron chi connectivity index (χ3n) is 4.18. The minimum Gasteiger partial charge on any atom is -0.368 e. The maximum absolute atomic E-state index is 12.3. The van der Waals surface area contributed by atoms with Crippen LogP contribution in [0.15, 0.2) is 4.99 Å². The Labute approximate surface area is 168 Å². The maximum Gasteiger partial charge on any atom is 0.243 e. The Morgan fingerprint density at radius 3 is 2.59 bits per heavy atom. The van der Waals surface area contributed by atoms with Crippen molar-refractivity contribution >= 4 is 47.2 Å². The Bertz CT molecular complexity index is 581. The number of rotatable bonds is 7. The molecule has 0 aliphatic carbocycles. The molecule has 2 heterocycles. The van der Waals surface area contributed by atoms with Gasteiger partial charge in [0, 0.05) is 45.2 Å². The fourth-order valence-corrected chi connectivity index (χ4v) is 5.50. The number of primary amides is 1.